The third kappa shape index (κ3) is 3.34. The predicted octanol–water partition coefficient (Wildman–Crippen LogP) is 3.69. The van der Waals surface area contributed by atoms with Gasteiger partial charge in [0.25, 0.3) is 5.69 Å². The van der Waals surface area contributed by atoms with E-state index in [0.717, 1.165) is 6.42 Å². The smallest absolute Gasteiger partial charge is 0.269 e. The Bertz CT molecular complexity index is 474. The first kappa shape index (κ1) is 12.2. The number of nitro benzene ring substituents is 1. The van der Waals surface area contributed by atoms with Gasteiger partial charge in [-0.1, -0.05) is 29.0 Å². The van der Waals surface area contributed by atoms with E-state index in [-0.39, 0.29) is 10.6 Å². The van der Waals surface area contributed by atoms with Crippen LogP contribution in [0.2, 0.25) is 0 Å². The molecule has 0 amide bonds. The standard InChI is InChI=1S/C11H10N2O2S2/c14-13(15)10-3-1-2-4-11(10)17-16-9-5-7-12-8-6-9/h1-5,7-9H,6H2. The molecule has 0 radical (unpaired) electrons. The van der Waals surface area contributed by atoms with Crippen LogP contribution in [0.1, 0.15) is 6.42 Å². The maximum atomic E-state index is 10.8. The van der Waals surface area contributed by atoms with E-state index in [4.69, 9.17) is 0 Å². The molecule has 1 aliphatic rings. The lowest BCUT2D eigenvalue weighted by Crippen LogP contribution is -2.00. The number of rotatable bonds is 4. The first-order chi connectivity index (χ1) is 8.27. The number of aliphatic imine (C=N–C) groups is 1. The highest BCUT2D eigenvalue weighted by Crippen LogP contribution is 2.40. The van der Waals surface area contributed by atoms with Crippen molar-refractivity contribution in [1.82, 2.24) is 0 Å². The van der Waals surface area contributed by atoms with Gasteiger partial charge in [-0.05, 0) is 23.3 Å². The summed E-state index contributed by atoms with van der Waals surface area (Å²) >= 11 is 0. The molecule has 1 heterocycles. The number of nitrogens with zero attached hydrogens (tertiary/aromatic N) is 2. The van der Waals surface area contributed by atoms with Crippen LogP contribution in [0.3, 0.4) is 0 Å². The van der Waals surface area contributed by atoms with Gasteiger partial charge in [-0.2, -0.15) is 0 Å². The lowest BCUT2D eigenvalue weighted by molar-refractivity contribution is -0.387. The molecule has 88 valence electrons. The summed E-state index contributed by atoms with van der Waals surface area (Å²) in [7, 11) is 3.06. The summed E-state index contributed by atoms with van der Waals surface area (Å²) < 4.78 is 0. The SMILES string of the molecule is O=[N+]([O-])c1ccccc1SSC1C=CN=CC1. The fraction of sp³-hybridized carbons (Fsp3) is 0.182. The Kier molecular flexibility index (Phi) is 4.22. The van der Waals surface area contributed by atoms with E-state index >= 15 is 0 Å². The Morgan fingerprint density at radius 2 is 2.24 bits per heavy atom. The molecule has 0 saturated carbocycles. The molecule has 17 heavy (non-hydrogen) atoms. The highest BCUT2D eigenvalue weighted by Gasteiger charge is 2.15. The van der Waals surface area contributed by atoms with Crippen LogP contribution in [0.25, 0.3) is 0 Å². The zero-order valence-electron chi connectivity index (χ0n) is 8.85. The van der Waals surface area contributed by atoms with E-state index in [9.17, 15) is 10.1 Å². The monoisotopic (exact) mass is 266 g/mol. The van der Waals surface area contributed by atoms with Gasteiger partial charge in [0.2, 0.25) is 0 Å². The zero-order valence-corrected chi connectivity index (χ0v) is 10.5. The minimum absolute atomic E-state index is 0.165. The van der Waals surface area contributed by atoms with E-state index in [1.54, 1.807) is 29.1 Å². The van der Waals surface area contributed by atoms with Gasteiger partial charge in [-0.15, -0.1) is 0 Å². The minimum Gasteiger partial charge on any atom is -0.269 e. The number of hydrogen-bond acceptors (Lipinski definition) is 5. The minimum atomic E-state index is -0.346. The van der Waals surface area contributed by atoms with Crippen LogP contribution in [0.15, 0.2) is 46.4 Å². The molecule has 1 aromatic carbocycles. The summed E-state index contributed by atoms with van der Waals surface area (Å²) in [5.41, 5.74) is 0.165. The molecule has 1 aromatic rings. The molecule has 2 rings (SSSR count). The summed E-state index contributed by atoms with van der Waals surface area (Å²) in [6.07, 6.45) is 6.50. The van der Waals surface area contributed by atoms with Crippen LogP contribution in [0.5, 0.6) is 0 Å². The second-order valence-electron chi connectivity index (χ2n) is 3.35. The highest BCUT2D eigenvalue weighted by molar-refractivity contribution is 8.77. The maximum absolute atomic E-state index is 10.8. The number of benzene rings is 1. The molecule has 0 spiro atoms. The Hall–Kier alpha value is -1.27. The molecule has 1 aliphatic heterocycles. The summed E-state index contributed by atoms with van der Waals surface area (Å²) in [6, 6.07) is 6.80. The van der Waals surface area contributed by atoms with Gasteiger partial charge in [0.05, 0.1) is 9.82 Å². The molecule has 0 saturated heterocycles. The fourth-order valence-corrected chi connectivity index (χ4v) is 3.73. The van der Waals surface area contributed by atoms with Crippen molar-refractivity contribution in [3.63, 3.8) is 0 Å². The van der Waals surface area contributed by atoms with E-state index < -0.39 is 0 Å². The van der Waals surface area contributed by atoms with Gasteiger partial charge in [-0.25, -0.2) is 0 Å². The van der Waals surface area contributed by atoms with Crippen LogP contribution < -0.4 is 0 Å². The van der Waals surface area contributed by atoms with Crippen molar-refractivity contribution in [1.29, 1.82) is 0 Å². The summed E-state index contributed by atoms with van der Waals surface area (Å²) in [6.45, 7) is 0. The quantitative estimate of drug-likeness (QED) is 0.474. The predicted molar refractivity (Wildman–Crippen MR) is 72.6 cm³/mol. The molecule has 0 aromatic heterocycles. The summed E-state index contributed by atoms with van der Waals surface area (Å²) in [5, 5.41) is 11.2. The van der Waals surface area contributed by atoms with Crippen molar-refractivity contribution in [2.75, 3.05) is 0 Å². The van der Waals surface area contributed by atoms with Crippen LogP contribution in [0, 0.1) is 10.1 Å². The first-order valence-corrected chi connectivity index (χ1v) is 7.24. The summed E-state index contributed by atoms with van der Waals surface area (Å²) in [4.78, 5) is 15.2. The van der Waals surface area contributed by atoms with Crippen LogP contribution in [0.4, 0.5) is 5.69 Å². The molecule has 6 heteroatoms. The van der Waals surface area contributed by atoms with E-state index in [1.807, 2.05) is 18.4 Å². The van der Waals surface area contributed by atoms with Gasteiger partial charge >= 0.3 is 0 Å². The molecule has 0 bridgehead atoms. The topological polar surface area (TPSA) is 55.5 Å². The van der Waals surface area contributed by atoms with Gasteiger partial charge < -0.3 is 0 Å². The van der Waals surface area contributed by atoms with Gasteiger partial charge in [0, 0.05) is 23.7 Å². The van der Waals surface area contributed by atoms with Crippen molar-refractivity contribution < 1.29 is 4.92 Å². The van der Waals surface area contributed by atoms with E-state index in [1.165, 1.54) is 16.9 Å². The van der Waals surface area contributed by atoms with Crippen LogP contribution >= 0.6 is 21.6 Å². The Labute approximate surface area is 107 Å². The molecule has 0 fully saturated rings. The highest BCUT2D eigenvalue weighted by atomic mass is 33.1. The van der Waals surface area contributed by atoms with Crippen molar-refractivity contribution >= 4 is 33.5 Å². The van der Waals surface area contributed by atoms with Crippen molar-refractivity contribution in [2.24, 2.45) is 4.99 Å². The Morgan fingerprint density at radius 1 is 1.41 bits per heavy atom. The largest absolute Gasteiger partial charge is 0.283 e. The van der Waals surface area contributed by atoms with Crippen molar-refractivity contribution in [3.8, 4) is 0 Å². The second kappa shape index (κ2) is 5.88. The fourth-order valence-electron chi connectivity index (χ4n) is 1.31. The average Bonchev–Trinajstić information content (AvgIpc) is 2.38. The van der Waals surface area contributed by atoms with Gasteiger partial charge in [0.1, 0.15) is 0 Å². The van der Waals surface area contributed by atoms with Gasteiger partial charge in [-0.3, -0.25) is 15.1 Å². The van der Waals surface area contributed by atoms with Crippen LogP contribution in [-0.2, 0) is 0 Å². The third-order valence-electron chi connectivity index (χ3n) is 2.15. The van der Waals surface area contributed by atoms with E-state index in [0.29, 0.717) is 10.1 Å². The normalized spacial score (nSPS) is 18.2. The lowest BCUT2D eigenvalue weighted by atomic mass is 10.3. The molecule has 1 unspecified atom stereocenters. The van der Waals surface area contributed by atoms with Crippen molar-refractivity contribution in [2.45, 2.75) is 16.6 Å². The maximum Gasteiger partial charge on any atom is 0.283 e. The van der Waals surface area contributed by atoms with Crippen molar-refractivity contribution in [3.05, 3.63) is 46.7 Å². The molecule has 4 nitrogen and oxygen atoms in total. The molecule has 1 atom stereocenters. The average molecular weight is 266 g/mol. The Balaban J connectivity index is 2.01. The number of hydrogen-bond donors (Lipinski definition) is 0. The number of nitro groups is 1. The molecule has 0 N–H and O–H groups in total. The van der Waals surface area contributed by atoms with Crippen LogP contribution in [-0.4, -0.2) is 16.4 Å². The van der Waals surface area contributed by atoms with E-state index in [2.05, 4.69) is 4.99 Å². The first-order valence-electron chi connectivity index (χ1n) is 5.02. The van der Waals surface area contributed by atoms with Gasteiger partial charge in [0.15, 0.2) is 0 Å². The third-order valence-corrected chi connectivity index (χ3v) is 4.94. The zero-order chi connectivity index (χ0) is 12.1. The summed E-state index contributed by atoms with van der Waals surface area (Å²) in [5.74, 6) is 0. The molecular formula is C11H10N2O2S2. The molecular weight excluding hydrogens is 256 g/mol. The molecule has 0 aliphatic carbocycles. The lowest BCUT2D eigenvalue weighted by Gasteiger charge is -2.10. The number of para-hydroxylation sites is 1. The second-order valence-corrected chi connectivity index (χ2v) is 5.83. The Morgan fingerprint density at radius 3 is 2.94 bits per heavy atom.